The standard InChI is InChI=1S/C10H22N4/c1-3-7-12-10(13-11)14(2)8-9-5-4-6-9/h9H,3-8,11H2,1-2H3,(H,12,13). The molecule has 4 heteroatoms. The van der Waals surface area contributed by atoms with Gasteiger partial charge in [0.05, 0.1) is 0 Å². The van der Waals surface area contributed by atoms with Crippen LogP contribution in [0.15, 0.2) is 4.99 Å². The summed E-state index contributed by atoms with van der Waals surface area (Å²) in [5, 5.41) is 0. The van der Waals surface area contributed by atoms with Gasteiger partial charge in [-0.1, -0.05) is 13.3 Å². The van der Waals surface area contributed by atoms with Crippen LogP contribution in [0, 0.1) is 5.92 Å². The third kappa shape index (κ3) is 3.18. The Kier molecular flexibility index (Phi) is 4.73. The lowest BCUT2D eigenvalue weighted by Gasteiger charge is -2.31. The van der Waals surface area contributed by atoms with E-state index in [0.717, 1.165) is 31.4 Å². The Balaban J connectivity index is 2.33. The van der Waals surface area contributed by atoms with Gasteiger partial charge in [-0.2, -0.15) is 0 Å². The van der Waals surface area contributed by atoms with Crippen molar-refractivity contribution in [1.82, 2.24) is 10.3 Å². The minimum Gasteiger partial charge on any atom is -0.345 e. The van der Waals surface area contributed by atoms with E-state index in [0.29, 0.717) is 0 Å². The van der Waals surface area contributed by atoms with Crippen LogP contribution >= 0.6 is 0 Å². The lowest BCUT2D eigenvalue weighted by molar-refractivity contribution is 0.255. The van der Waals surface area contributed by atoms with Crippen molar-refractivity contribution >= 4 is 5.96 Å². The van der Waals surface area contributed by atoms with E-state index in [9.17, 15) is 0 Å². The third-order valence-electron chi connectivity index (χ3n) is 2.73. The minimum absolute atomic E-state index is 0.818. The van der Waals surface area contributed by atoms with Gasteiger partial charge in [-0.05, 0) is 25.2 Å². The number of hydrazine groups is 1. The summed E-state index contributed by atoms with van der Waals surface area (Å²) >= 11 is 0. The normalized spacial score (nSPS) is 17.8. The summed E-state index contributed by atoms with van der Waals surface area (Å²) in [5.74, 6) is 7.09. The fraction of sp³-hybridized carbons (Fsp3) is 0.900. The van der Waals surface area contributed by atoms with E-state index in [1.54, 1.807) is 0 Å². The molecule has 0 atom stereocenters. The summed E-state index contributed by atoms with van der Waals surface area (Å²) in [6.07, 6.45) is 5.16. The summed E-state index contributed by atoms with van der Waals surface area (Å²) in [5.41, 5.74) is 2.67. The molecule has 0 aromatic heterocycles. The Morgan fingerprint density at radius 3 is 2.71 bits per heavy atom. The molecule has 82 valence electrons. The molecule has 1 aliphatic carbocycles. The third-order valence-corrected chi connectivity index (χ3v) is 2.73. The van der Waals surface area contributed by atoms with E-state index in [1.165, 1.54) is 19.3 Å². The van der Waals surface area contributed by atoms with Crippen LogP contribution in [0.1, 0.15) is 32.6 Å². The predicted octanol–water partition coefficient (Wildman–Crippen LogP) is 0.948. The second-order valence-electron chi connectivity index (χ2n) is 4.03. The van der Waals surface area contributed by atoms with Crippen molar-refractivity contribution in [2.75, 3.05) is 20.1 Å². The Labute approximate surface area is 86.5 Å². The number of nitrogens with one attached hydrogen (secondary N) is 1. The van der Waals surface area contributed by atoms with Gasteiger partial charge in [0.15, 0.2) is 0 Å². The fourth-order valence-corrected chi connectivity index (χ4v) is 1.64. The summed E-state index contributed by atoms with van der Waals surface area (Å²) in [6, 6.07) is 0. The van der Waals surface area contributed by atoms with Crippen LogP contribution < -0.4 is 11.3 Å². The zero-order chi connectivity index (χ0) is 10.4. The first kappa shape index (κ1) is 11.3. The minimum atomic E-state index is 0.818. The Bertz CT molecular complexity index is 187. The number of aliphatic imine (C=N–C) groups is 1. The van der Waals surface area contributed by atoms with Gasteiger partial charge in [0, 0.05) is 20.1 Å². The lowest BCUT2D eigenvalue weighted by atomic mass is 9.85. The fourth-order valence-electron chi connectivity index (χ4n) is 1.64. The first-order chi connectivity index (χ1) is 6.77. The van der Waals surface area contributed by atoms with Gasteiger partial charge in [0.25, 0.3) is 0 Å². The van der Waals surface area contributed by atoms with Crippen LogP contribution in [0.3, 0.4) is 0 Å². The molecule has 0 spiro atoms. The highest BCUT2D eigenvalue weighted by Crippen LogP contribution is 2.26. The van der Waals surface area contributed by atoms with Crippen molar-refractivity contribution in [3.8, 4) is 0 Å². The number of rotatable bonds is 4. The van der Waals surface area contributed by atoms with Gasteiger partial charge in [-0.3, -0.25) is 10.4 Å². The van der Waals surface area contributed by atoms with Gasteiger partial charge in [-0.15, -0.1) is 0 Å². The zero-order valence-electron chi connectivity index (χ0n) is 9.29. The van der Waals surface area contributed by atoms with Gasteiger partial charge < -0.3 is 4.90 Å². The molecule has 0 radical (unpaired) electrons. The molecule has 1 aliphatic rings. The number of nitrogens with zero attached hydrogens (tertiary/aromatic N) is 2. The van der Waals surface area contributed by atoms with Crippen LogP contribution in [0.2, 0.25) is 0 Å². The van der Waals surface area contributed by atoms with E-state index in [-0.39, 0.29) is 0 Å². The molecular weight excluding hydrogens is 176 g/mol. The molecule has 3 N–H and O–H groups in total. The van der Waals surface area contributed by atoms with E-state index >= 15 is 0 Å². The molecule has 0 bridgehead atoms. The zero-order valence-corrected chi connectivity index (χ0v) is 9.29. The highest BCUT2D eigenvalue weighted by molar-refractivity contribution is 5.79. The molecule has 0 saturated heterocycles. The van der Waals surface area contributed by atoms with Crippen LogP contribution in [0.4, 0.5) is 0 Å². The Morgan fingerprint density at radius 2 is 2.29 bits per heavy atom. The summed E-state index contributed by atoms with van der Waals surface area (Å²) < 4.78 is 0. The molecule has 0 aromatic carbocycles. The van der Waals surface area contributed by atoms with E-state index < -0.39 is 0 Å². The molecule has 1 fully saturated rings. The van der Waals surface area contributed by atoms with Gasteiger partial charge >= 0.3 is 0 Å². The molecule has 0 aromatic rings. The number of hydrogen-bond donors (Lipinski definition) is 2. The summed E-state index contributed by atoms with van der Waals surface area (Å²) in [4.78, 5) is 6.50. The van der Waals surface area contributed by atoms with Crippen LogP contribution in [-0.2, 0) is 0 Å². The first-order valence-corrected chi connectivity index (χ1v) is 5.50. The van der Waals surface area contributed by atoms with Gasteiger partial charge in [0.2, 0.25) is 5.96 Å². The monoisotopic (exact) mass is 198 g/mol. The molecule has 1 saturated carbocycles. The van der Waals surface area contributed by atoms with E-state index in [2.05, 4.69) is 22.2 Å². The van der Waals surface area contributed by atoms with Crippen molar-refractivity contribution in [3.05, 3.63) is 0 Å². The van der Waals surface area contributed by atoms with Crippen LogP contribution in [0.5, 0.6) is 0 Å². The van der Waals surface area contributed by atoms with Crippen molar-refractivity contribution < 1.29 is 0 Å². The van der Waals surface area contributed by atoms with E-state index in [4.69, 9.17) is 5.84 Å². The van der Waals surface area contributed by atoms with Crippen molar-refractivity contribution in [2.24, 2.45) is 16.8 Å². The van der Waals surface area contributed by atoms with Crippen LogP contribution in [0.25, 0.3) is 0 Å². The summed E-state index contributed by atoms with van der Waals surface area (Å²) in [6.45, 7) is 4.03. The maximum atomic E-state index is 5.43. The molecular formula is C10H22N4. The molecule has 0 heterocycles. The highest BCUT2D eigenvalue weighted by Gasteiger charge is 2.20. The van der Waals surface area contributed by atoms with E-state index in [1.807, 2.05) is 7.05 Å². The first-order valence-electron chi connectivity index (χ1n) is 5.50. The number of nitrogens with two attached hydrogens (primary N) is 1. The average Bonchev–Trinajstić information content (AvgIpc) is 2.13. The van der Waals surface area contributed by atoms with Gasteiger partial charge in [-0.25, -0.2) is 5.84 Å². The molecule has 4 nitrogen and oxygen atoms in total. The Morgan fingerprint density at radius 1 is 1.57 bits per heavy atom. The van der Waals surface area contributed by atoms with Crippen LogP contribution in [-0.4, -0.2) is 31.0 Å². The molecule has 14 heavy (non-hydrogen) atoms. The SMILES string of the molecule is CCCN=C(NN)N(C)CC1CCC1. The summed E-state index contributed by atoms with van der Waals surface area (Å²) in [7, 11) is 2.05. The molecule has 1 rings (SSSR count). The second kappa shape index (κ2) is 5.86. The van der Waals surface area contributed by atoms with Gasteiger partial charge in [0.1, 0.15) is 0 Å². The quantitative estimate of drug-likeness (QED) is 0.306. The smallest absolute Gasteiger partial charge is 0.208 e. The highest BCUT2D eigenvalue weighted by atomic mass is 15.4. The van der Waals surface area contributed by atoms with Crippen molar-refractivity contribution in [2.45, 2.75) is 32.6 Å². The molecule has 0 aliphatic heterocycles. The Hall–Kier alpha value is -0.770. The predicted molar refractivity (Wildman–Crippen MR) is 59.9 cm³/mol. The molecule has 0 amide bonds. The average molecular weight is 198 g/mol. The largest absolute Gasteiger partial charge is 0.345 e. The maximum Gasteiger partial charge on any atom is 0.208 e. The maximum absolute atomic E-state index is 5.43. The lowest BCUT2D eigenvalue weighted by Crippen LogP contribution is -2.45. The molecule has 0 unspecified atom stereocenters. The van der Waals surface area contributed by atoms with Crippen molar-refractivity contribution in [1.29, 1.82) is 0 Å². The number of hydrogen-bond acceptors (Lipinski definition) is 2. The topological polar surface area (TPSA) is 53.6 Å². The van der Waals surface area contributed by atoms with Crippen molar-refractivity contribution in [3.63, 3.8) is 0 Å². The number of guanidine groups is 1. The second-order valence-corrected chi connectivity index (χ2v) is 4.03.